The lowest BCUT2D eigenvalue weighted by atomic mass is 9.92. The van der Waals surface area contributed by atoms with E-state index in [0.29, 0.717) is 0 Å². The number of rotatable bonds is 4. The Morgan fingerprint density at radius 2 is 1.59 bits per heavy atom. The molecule has 0 spiro atoms. The molecule has 7 atom stereocenters. The molecule has 9 N–H and O–H groups in total. The van der Waals surface area contributed by atoms with Gasteiger partial charge in [0.15, 0.2) is 35.2 Å². The second-order valence-electron chi connectivity index (χ2n) is 7.86. The number of Topliss-reactive ketones (excluding diaryl/α,β-unsaturated/α-hetero) is 1. The predicted molar refractivity (Wildman–Crippen MR) is 108 cm³/mol. The maximum absolute atomic E-state index is 12.9. The molecule has 7 unspecified atom stereocenters. The minimum absolute atomic E-state index is 0.113. The number of phenols is 4. The van der Waals surface area contributed by atoms with Crippen LogP contribution in [0.5, 0.6) is 34.5 Å². The molecule has 1 fully saturated rings. The zero-order valence-corrected chi connectivity index (χ0v) is 17.2. The fourth-order valence-corrected chi connectivity index (χ4v) is 3.80. The summed E-state index contributed by atoms with van der Waals surface area (Å²) in [6, 6.07) is 4.37. The number of carbonyl (C=O) groups is 1. The summed E-state index contributed by atoms with van der Waals surface area (Å²) in [5.74, 6) is -4.84. The molecule has 0 amide bonds. The number of hydrogen-bond acceptors (Lipinski definition) is 13. The average Bonchev–Trinajstić information content (AvgIpc) is 2.80. The van der Waals surface area contributed by atoms with Crippen LogP contribution in [0.1, 0.15) is 22.0 Å². The molecule has 2 aliphatic heterocycles. The Bertz CT molecular complexity index is 1100. The number of ketones is 1. The van der Waals surface area contributed by atoms with E-state index >= 15 is 0 Å². The fraction of sp³-hybridized carbons (Fsp3) is 0.381. The first-order valence-electron chi connectivity index (χ1n) is 10.0. The van der Waals surface area contributed by atoms with Gasteiger partial charge in [-0.1, -0.05) is 6.07 Å². The normalized spacial score (nSPS) is 31.0. The number of ether oxygens (including phenoxy) is 3. The quantitative estimate of drug-likeness (QED) is 0.223. The lowest BCUT2D eigenvalue weighted by Crippen LogP contribution is -2.60. The lowest BCUT2D eigenvalue weighted by Gasteiger charge is -2.39. The second-order valence-corrected chi connectivity index (χ2v) is 7.86. The first kappa shape index (κ1) is 23.8. The monoisotopic (exact) mass is 482 g/mol. The van der Waals surface area contributed by atoms with E-state index in [4.69, 9.17) is 14.2 Å². The van der Waals surface area contributed by atoms with Crippen LogP contribution in [0.25, 0.3) is 0 Å². The van der Waals surface area contributed by atoms with Gasteiger partial charge in [-0.05, 0) is 17.7 Å². The number of benzene rings is 2. The van der Waals surface area contributed by atoms with Crippen LogP contribution in [0, 0.1) is 0 Å². The number of hydrogen-bond donors (Lipinski definition) is 9. The van der Waals surface area contributed by atoms with Crippen molar-refractivity contribution >= 4 is 5.78 Å². The van der Waals surface area contributed by atoms with Crippen molar-refractivity contribution in [3.05, 3.63) is 35.4 Å². The van der Waals surface area contributed by atoms with Crippen molar-refractivity contribution in [1.82, 2.24) is 0 Å². The Kier molecular flexibility index (Phi) is 6.16. The van der Waals surface area contributed by atoms with Crippen LogP contribution < -0.4 is 9.47 Å². The highest BCUT2D eigenvalue weighted by Crippen LogP contribution is 2.49. The SMILES string of the molecule is O=C1c2c(cc(O)c(OC3OC(CO)C(O)C(O)C3O)c2O)OC(c2ccc(O)c(O)c2)C1O. The van der Waals surface area contributed by atoms with Crippen molar-refractivity contribution in [3.63, 3.8) is 0 Å². The summed E-state index contributed by atoms with van der Waals surface area (Å²) in [5, 5.41) is 89.8. The third kappa shape index (κ3) is 3.83. The van der Waals surface area contributed by atoms with Crippen LogP contribution in [-0.4, -0.2) is 95.2 Å². The molecule has 2 aliphatic rings. The van der Waals surface area contributed by atoms with E-state index in [2.05, 4.69) is 0 Å². The molecule has 184 valence electrons. The summed E-state index contributed by atoms with van der Waals surface area (Å²) >= 11 is 0. The van der Waals surface area contributed by atoms with E-state index in [0.717, 1.165) is 18.2 Å². The van der Waals surface area contributed by atoms with Crippen LogP contribution in [0.2, 0.25) is 0 Å². The first-order valence-corrected chi connectivity index (χ1v) is 10.0. The highest BCUT2D eigenvalue weighted by atomic mass is 16.7. The summed E-state index contributed by atoms with van der Waals surface area (Å²) in [6.07, 6.45) is -11.7. The zero-order valence-electron chi connectivity index (χ0n) is 17.2. The molecule has 1 saturated heterocycles. The molecule has 2 aromatic rings. The predicted octanol–water partition coefficient (Wildman–Crippen LogP) is -1.64. The smallest absolute Gasteiger partial charge is 0.229 e. The highest BCUT2D eigenvalue weighted by Gasteiger charge is 2.46. The number of aliphatic hydroxyl groups excluding tert-OH is 5. The Morgan fingerprint density at radius 1 is 0.882 bits per heavy atom. The topological polar surface area (TPSA) is 227 Å². The fourth-order valence-electron chi connectivity index (χ4n) is 3.80. The maximum atomic E-state index is 12.9. The molecule has 13 heteroatoms. The van der Waals surface area contributed by atoms with Crippen molar-refractivity contribution in [2.24, 2.45) is 0 Å². The van der Waals surface area contributed by atoms with Gasteiger partial charge in [0.25, 0.3) is 0 Å². The zero-order chi connectivity index (χ0) is 24.9. The Morgan fingerprint density at radius 3 is 2.24 bits per heavy atom. The van der Waals surface area contributed by atoms with E-state index in [1.165, 1.54) is 6.07 Å². The Labute approximate surface area is 190 Å². The molecule has 0 bridgehead atoms. The minimum Gasteiger partial charge on any atom is -0.504 e. The van der Waals surface area contributed by atoms with Crippen LogP contribution >= 0.6 is 0 Å². The van der Waals surface area contributed by atoms with Gasteiger partial charge in [0, 0.05) is 6.07 Å². The number of fused-ring (bicyclic) bond motifs is 1. The molecule has 2 aromatic carbocycles. The van der Waals surface area contributed by atoms with Gasteiger partial charge in [0.1, 0.15) is 35.7 Å². The Hall–Kier alpha value is -3.33. The number of aliphatic hydroxyl groups is 5. The van der Waals surface area contributed by atoms with Crippen LogP contribution in [-0.2, 0) is 4.74 Å². The van der Waals surface area contributed by atoms with E-state index in [1.807, 2.05) is 0 Å². The third-order valence-electron chi connectivity index (χ3n) is 5.66. The van der Waals surface area contributed by atoms with E-state index in [9.17, 15) is 50.8 Å². The highest BCUT2D eigenvalue weighted by molar-refractivity contribution is 6.06. The van der Waals surface area contributed by atoms with Crippen molar-refractivity contribution in [3.8, 4) is 34.5 Å². The maximum Gasteiger partial charge on any atom is 0.229 e. The second kappa shape index (κ2) is 8.79. The summed E-state index contributed by atoms with van der Waals surface area (Å²) in [4.78, 5) is 12.9. The summed E-state index contributed by atoms with van der Waals surface area (Å²) in [7, 11) is 0. The van der Waals surface area contributed by atoms with Crippen molar-refractivity contribution in [2.75, 3.05) is 6.61 Å². The molecule has 0 radical (unpaired) electrons. The number of phenolic OH excluding ortho intramolecular Hbond substituents is 4. The molecule has 4 rings (SSSR count). The van der Waals surface area contributed by atoms with Gasteiger partial charge >= 0.3 is 0 Å². The van der Waals surface area contributed by atoms with E-state index in [-0.39, 0.29) is 11.3 Å². The van der Waals surface area contributed by atoms with Gasteiger partial charge in [0.05, 0.1) is 6.61 Å². The first-order chi connectivity index (χ1) is 16.0. The molecule has 2 heterocycles. The van der Waals surface area contributed by atoms with Crippen molar-refractivity contribution in [2.45, 2.75) is 42.9 Å². The molecule has 0 aliphatic carbocycles. The summed E-state index contributed by atoms with van der Waals surface area (Å²) < 4.78 is 16.0. The standard InChI is InChI=1S/C21H22O13/c22-5-11-13(26)16(29)18(31)21(33-11)34-20-9(25)4-10-12(15(20)28)14(27)17(30)19(32-10)6-1-2-7(23)8(24)3-6/h1-4,11,13,16-19,21-26,28-31H,5H2. The van der Waals surface area contributed by atoms with Crippen molar-refractivity contribution in [1.29, 1.82) is 0 Å². The number of carbonyl (C=O) groups excluding carboxylic acids is 1. The van der Waals surface area contributed by atoms with Crippen LogP contribution in [0.15, 0.2) is 24.3 Å². The molecule has 13 nitrogen and oxygen atoms in total. The molecular formula is C21H22O13. The number of aromatic hydroxyl groups is 4. The minimum atomic E-state index is -1.87. The van der Waals surface area contributed by atoms with Crippen molar-refractivity contribution < 1.29 is 65.0 Å². The molecule has 34 heavy (non-hydrogen) atoms. The van der Waals surface area contributed by atoms with Gasteiger partial charge in [-0.2, -0.15) is 0 Å². The Balaban J connectivity index is 1.67. The van der Waals surface area contributed by atoms with E-state index in [1.54, 1.807) is 0 Å². The lowest BCUT2D eigenvalue weighted by molar-refractivity contribution is -0.277. The van der Waals surface area contributed by atoms with Crippen LogP contribution in [0.4, 0.5) is 0 Å². The summed E-state index contributed by atoms with van der Waals surface area (Å²) in [6.45, 7) is -0.750. The molecule has 0 aromatic heterocycles. The van der Waals surface area contributed by atoms with E-state index < -0.39 is 89.6 Å². The average molecular weight is 482 g/mol. The van der Waals surface area contributed by atoms with Gasteiger partial charge in [-0.15, -0.1) is 0 Å². The summed E-state index contributed by atoms with van der Waals surface area (Å²) in [5.41, 5.74) is -0.452. The molecular weight excluding hydrogens is 460 g/mol. The van der Waals surface area contributed by atoms with Gasteiger partial charge in [-0.3, -0.25) is 4.79 Å². The van der Waals surface area contributed by atoms with Crippen LogP contribution in [0.3, 0.4) is 0 Å². The van der Waals surface area contributed by atoms with Gasteiger partial charge in [0.2, 0.25) is 17.8 Å². The van der Waals surface area contributed by atoms with Gasteiger partial charge < -0.3 is 60.2 Å². The van der Waals surface area contributed by atoms with Gasteiger partial charge in [-0.25, -0.2) is 0 Å². The third-order valence-corrected chi connectivity index (χ3v) is 5.66. The molecule has 0 saturated carbocycles. The largest absolute Gasteiger partial charge is 0.504 e.